The van der Waals surface area contributed by atoms with Gasteiger partial charge in [0.1, 0.15) is 4.90 Å². The molecule has 0 aromatic carbocycles. The highest BCUT2D eigenvalue weighted by molar-refractivity contribution is 7.87. The Bertz CT molecular complexity index is 615. The van der Waals surface area contributed by atoms with Crippen LogP contribution in [-0.2, 0) is 14.3 Å². The number of hydrogen-bond donors (Lipinski definition) is 0. The van der Waals surface area contributed by atoms with E-state index in [0.717, 1.165) is 5.56 Å². The molecule has 4 heteroatoms. The zero-order chi connectivity index (χ0) is 13.9. The lowest BCUT2D eigenvalue weighted by Gasteiger charge is -2.13. The zero-order valence-corrected chi connectivity index (χ0v) is 12.0. The zero-order valence-electron chi connectivity index (χ0n) is 11.2. The van der Waals surface area contributed by atoms with E-state index in [-0.39, 0.29) is 11.0 Å². The molecule has 0 unspecified atom stereocenters. The first kappa shape index (κ1) is 14.0. The largest absolute Gasteiger partial charge is 0.297 e. The normalized spacial score (nSPS) is 12.2. The molecule has 0 radical (unpaired) electrons. The van der Waals surface area contributed by atoms with Crippen LogP contribution < -0.4 is 0 Å². The van der Waals surface area contributed by atoms with Gasteiger partial charge in [0.2, 0.25) is 0 Å². The Balaban J connectivity index is 2.40. The lowest BCUT2D eigenvalue weighted by atomic mass is 10.2. The van der Waals surface area contributed by atoms with Crippen molar-refractivity contribution in [2.45, 2.75) is 37.7 Å². The van der Waals surface area contributed by atoms with Crippen molar-refractivity contribution in [3.63, 3.8) is 0 Å². The van der Waals surface area contributed by atoms with Crippen LogP contribution in [0.1, 0.15) is 26.7 Å². The Morgan fingerprint density at radius 3 is 2.37 bits per heavy atom. The van der Waals surface area contributed by atoms with Crippen LogP contribution in [0.2, 0.25) is 0 Å². The summed E-state index contributed by atoms with van der Waals surface area (Å²) in [4.78, 5) is 0.255. The van der Waals surface area contributed by atoms with Gasteiger partial charge in [-0.3, -0.25) is 4.18 Å². The second-order valence-electron chi connectivity index (χ2n) is 4.47. The Morgan fingerprint density at radius 1 is 1.00 bits per heavy atom. The molecule has 2 aliphatic rings. The minimum atomic E-state index is -3.70. The molecule has 0 bridgehead atoms. The topological polar surface area (TPSA) is 43.4 Å². The first-order valence-corrected chi connectivity index (χ1v) is 7.90. The Morgan fingerprint density at radius 2 is 1.68 bits per heavy atom. The standard InChI is InChI=1S/C15H18O3S/c1-3-13(4-2)18-19(16,17)15-11-10-12-8-6-5-7-9-14(12)15/h5-11,13H,3-4H2,1-2H3. The summed E-state index contributed by atoms with van der Waals surface area (Å²) in [7, 11) is -3.70. The van der Waals surface area contributed by atoms with Crippen LogP contribution in [0.4, 0.5) is 0 Å². The van der Waals surface area contributed by atoms with Gasteiger partial charge in [-0.15, -0.1) is 0 Å². The average Bonchev–Trinajstić information content (AvgIpc) is 2.67. The minimum absolute atomic E-state index is 0.255. The highest BCUT2D eigenvalue weighted by Crippen LogP contribution is 2.32. The molecule has 3 nitrogen and oxygen atoms in total. The van der Waals surface area contributed by atoms with Crippen LogP contribution in [0.5, 0.6) is 0 Å². The Labute approximate surface area is 114 Å². The second-order valence-corrected chi connectivity index (χ2v) is 6.01. The van der Waals surface area contributed by atoms with Gasteiger partial charge in [0, 0.05) is 5.56 Å². The van der Waals surface area contributed by atoms with Crippen LogP contribution >= 0.6 is 0 Å². The fraction of sp³-hybridized carbons (Fsp3) is 0.333. The van der Waals surface area contributed by atoms with Crippen molar-refractivity contribution >= 4 is 10.1 Å². The number of hydrogen-bond acceptors (Lipinski definition) is 3. The highest BCUT2D eigenvalue weighted by atomic mass is 32.2. The van der Waals surface area contributed by atoms with E-state index in [4.69, 9.17) is 4.18 Å². The van der Waals surface area contributed by atoms with Gasteiger partial charge in [-0.1, -0.05) is 50.2 Å². The monoisotopic (exact) mass is 278 g/mol. The molecule has 0 spiro atoms. The summed E-state index contributed by atoms with van der Waals surface area (Å²) in [5, 5.41) is 0. The van der Waals surface area contributed by atoms with E-state index >= 15 is 0 Å². The molecule has 0 atom stereocenters. The summed E-state index contributed by atoms with van der Waals surface area (Å²) in [5.74, 6) is 0. The number of rotatable bonds is 5. The van der Waals surface area contributed by atoms with E-state index in [1.807, 2.05) is 38.1 Å². The van der Waals surface area contributed by atoms with Crippen LogP contribution in [0.25, 0.3) is 11.1 Å². The van der Waals surface area contributed by atoms with Crippen LogP contribution in [0.3, 0.4) is 0 Å². The molecule has 2 rings (SSSR count). The second kappa shape index (κ2) is 5.72. The van der Waals surface area contributed by atoms with E-state index in [0.29, 0.717) is 18.4 Å². The van der Waals surface area contributed by atoms with Gasteiger partial charge in [0.05, 0.1) is 6.10 Å². The molecule has 19 heavy (non-hydrogen) atoms. The summed E-state index contributed by atoms with van der Waals surface area (Å²) in [5.41, 5.74) is 1.60. The molecular formula is C15H18O3S. The molecule has 0 aliphatic heterocycles. The molecular weight excluding hydrogens is 260 g/mol. The predicted molar refractivity (Wildman–Crippen MR) is 75.7 cm³/mol. The summed E-state index contributed by atoms with van der Waals surface area (Å²) in [6, 6.07) is 12.7. The van der Waals surface area contributed by atoms with E-state index < -0.39 is 10.1 Å². The van der Waals surface area contributed by atoms with Gasteiger partial charge in [-0.25, -0.2) is 0 Å². The maximum atomic E-state index is 12.3. The summed E-state index contributed by atoms with van der Waals surface area (Å²) < 4.78 is 29.9. The minimum Gasteiger partial charge on any atom is -0.263 e. The van der Waals surface area contributed by atoms with Crippen molar-refractivity contribution < 1.29 is 12.6 Å². The van der Waals surface area contributed by atoms with E-state index in [1.54, 1.807) is 18.2 Å². The fourth-order valence-electron chi connectivity index (χ4n) is 2.06. The van der Waals surface area contributed by atoms with Gasteiger partial charge in [-0.05, 0) is 24.5 Å². The number of fused-ring (bicyclic) bond motifs is 1. The van der Waals surface area contributed by atoms with Crippen molar-refractivity contribution in [1.29, 1.82) is 0 Å². The van der Waals surface area contributed by atoms with Gasteiger partial charge in [0.15, 0.2) is 0 Å². The maximum absolute atomic E-state index is 12.3. The quantitative estimate of drug-likeness (QED) is 0.783. The van der Waals surface area contributed by atoms with Crippen molar-refractivity contribution in [3.05, 3.63) is 42.5 Å². The molecule has 102 valence electrons. The third-order valence-electron chi connectivity index (χ3n) is 3.19. The molecule has 0 amide bonds. The SMILES string of the molecule is CCC(CC)OS(=O)(=O)c1ccc2cccccc1-2. The molecule has 0 aromatic rings. The van der Waals surface area contributed by atoms with Crippen LogP contribution in [-0.4, -0.2) is 14.5 Å². The third kappa shape index (κ3) is 2.96. The maximum Gasteiger partial charge on any atom is 0.297 e. The van der Waals surface area contributed by atoms with Gasteiger partial charge in [-0.2, -0.15) is 8.42 Å². The van der Waals surface area contributed by atoms with Crippen molar-refractivity contribution in [3.8, 4) is 11.1 Å². The molecule has 0 heterocycles. The summed E-state index contributed by atoms with van der Waals surface area (Å²) in [6.07, 6.45) is 1.11. The summed E-state index contributed by atoms with van der Waals surface area (Å²) >= 11 is 0. The van der Waals surface area contributed by atoms with Crippen molar-refractivity contribution in [1.82, 2.24) is 0 Å². The molecule has 0 saturated carbocycles. The Hall–Kier alpha value is -1.39. The van der Waals surface area contributed by atoms with Crippen LogP contribution in [0.15, 0.2) is 47.4 Å². The molecule has 2 aliphatic carbocycles. The molecule has 0 saturated heterocycles. The lowest BCUT2D eigenvalue weighted by molar-refractivity contribution is 0.200. The van der Waals surface area contributed by atoms with Gasteiger partial charge < -0.3 is 0 Å². The highest BCUT2D eigenvalue weighted by Gasteiger charge is 2.24. The van der Waals surface area contributed by atoms with Crippen molar-refractivity contribution in [2.75, 3.05) is 0 Å². The van der Waals surface area contributed by atoms with Gasteiger partial charge >= 0.3 is 0 Å². The molecule has 0 aromatic heterocycles. The smallest absolute Gasteiger partial charge is 0.263 e. The Kier molecular flexibility index (Phi) is 4.22. The average molecular weight is 278 g/mol. The van der Waals surface area contributed by atoms with E-state index in [2.05, 4.69) is 0 Å². The van der Waals surface area contributed by atoms with E-state index in [1.165, 1.54) is 0 Å². The molecule has 0 N–H and O–H groups in total. The summed E-state index contributed by atoms with van der Waals surface area (Å²) in [6.45, 7) is 3.85. The van der Waals surface area contributed by atoms with E-state index in [9.17, 15) is 8.42 Å². The molecule has 0 fully saturated rings. The first-order valence-electron chi connectivity index (χ1n) is 6.49. The first-order chi connectivity index (χ1) is 9.08. The van der Waals surface area contributed by atoms with Gasteiger partial charge in [0.25, 0.3) is 10.1 Å². The predicted octanol–water partition coefficient (Wildman–Crippen LogP) is 3.69. The lowest BCUT2D eigenvalue weighted by Crippen LogP contribution is -2.17. The van der Waals surface area contributed by atoms with Crippen molar-refractivity contribution in [2.24, 2.45) is 0 Å². The third-order valence-corrected chi connectivity index (χ3v) is 4.61. The fourth-order valence-corrected chi connectivity index (χ4v) is 3.48. The van der Waals surface area contributed by atoms with Crippen LogP contribution in [0, 0.1) is 0 Å².